The van der Waals surface area contributed by atoms with Gasteiger partial charge >= 0.3 is 0 Å². The van der Waals surface area contributed by atoms with Crippen LogP contribution < -0.4 is 5.32 Å². The second kappa shape index (κ2) is 9.19. The molecule has 36 heavy (non-hydrogen) atoms. The van der Waals surface area contributed by atoms with E-state index in [9.17, 15) is 9.59 Å². The lowest BCUT2D eigenvalue weighted by Crippen LogP contribution is -2.60. The van der Waals surface area contributed by atoms with Gasteiger partial charge < -0.3 is 10.2 Å². The summed E-state index contributed by atoms with van der Waals surface area (Å²) in [7, 11) is 0. The van der Waals surface area contributed by atoms with Crippen LogP contribution in [0.2, 0.25) is 0 Å². The molecule has 0 atom stereocenters. The van der Waals surface area contributed by atoms with Gasteiger partial charge in [0.2, 0.25) is 6.41 Å². The normalized spacial score (nSPS) is 17.3. The summed E-state index contributed by atoms with van der Waals surface area (Å²) in [5.74, 6) is 0.657. The van der Waals surface area contributed by atoms with Gasteiger partial charge in [-0.1, -0.05) is 17.7 Å². The predicted octanol–water partition coefficient (Wildman–Crippen LogP) is 2.50. The zero-order valence-corrected chi connectivity index (χ0v) is 20.1. The number of amides is 2. The van der Waals surface area contributed by atoms with E-state index in [2.05, 4.69) is 20.3 Å². The van der Waals surface area contributed by atoms with Gasteiger partial charge in [-0.2, -0.15) is 10.2 Å². The fourth-order valence-corrected chi connectivity index (χ4v) is 5.11. The average molecular weight is 485 g/mol. The summed E-state index contributed by atoms with van der Waals surface area (Å²) >= 11 is 0. The average Bonchev–Trinajstić information content (AvgIpc) is 3.49. The Bertz CT molecular complexity index is 1400. The minimum atomic E-state index is -0.275. The number of nitrogens with one attached hydrogen (secondary N) is 1. The number of carbonyl (C=O) groups is 2. The molecule has 10 heteroatoms. The molecule has 2 amide bonds. The number of aromatic nitrogens is 5. The van der Waals surface area contributed by atoms with Crippen LogP contribution in [0.25, 0.3) is 11.3 Å². The molecule has 0 saturated carbocycles. The molecule has 0 bridgehead atoms. The van der Waals surface area contributed by atoms with Crippen molar-refractivity contribution in [1.82, 2.24) is 34.2 Å². The number of likely N-dealkylation sites (tertiary alicyclic amines) is 2. The minimum absolute atomic E-state index is 0.275. The predicted molar refractivity (Wildman–Crippen MR) is 134 cm³/mol. The van der Waals surface area contributed by atoms with E-state index < -0.39 is 0 Å². The molecule has 2 aliphatic heterocycles. The summed E-state index contributed by atoms with van der Waals surface area (Å²) in [4.78, 5) is 32.7. The van der Waals surface area contributed by atoms with Gasteiger partial charge in [0.1, 0.15) is 11.4 Å². The summed E-state index contributed by atoms with van der Waals surface area (Å²) in [6.45, 7) is 5.66. The SMILES string of the molecule is Cc1ccc(-n2nc(C3CCN(C4CN(C=O)C4)CC3)cc2NC(=O)c2cnn3cccnc23)cc1. The van der Waals surface area contributed by atoms with Gasteiger partial charge in [0.15, 0.2) is 5.65 Å². The number of hydrogen-bond acceptors (Lipinski definition) is 6. The first-order valence-electron chi connectivity index (χ1n) is 12.3. The zero-order valence-electron chi connectivity index (χ0n) is 20.1. The summed E-state index contributed by atoms with van der Waals surface area (Å²) < 4.78 is 3.40. The second-order valence-electron chi connectivity index (χ2n) is 9.63. The third-order valence-corrected chi connectivity index (χ3v) is 7.28. The molecule has 1 N–H and O–H groups in total. The number of carbonyl (C=O) groups excluding carboxylic acids is 2. The second-order valence-corrected chi connectivity index (χ2v) is 9.63. The lowest BCUT2D eigenvalue weighted by Gasteiger charge is -2.46. The standard InChI is InChI=1S/C26H28N8O2/c1-18-3-5-20(6-4-18)34-24(29-26(36)22-14-28-33-10-2-9-27-25(22)33)13-23(30-34)19-7-11-32(12-8-19)21-15-31(16-21)17-35/h2-6,9-10,13-14,17,19,21H,7-8,11-12,15-16H2,1H3,(H,29,36). The molecule has 6 rings (SSSR count). The lowest BCUT2D eigenvalue weighted by molar-refractivity contribution is -0.125. The molecule has 2 saturated heterocycles. The van der Waals surface area contributed by atoms with Crippen molar-refractivity contribution in [2.75, 3.05) is 31.5 Å². The monoisotopic (exact) mass is 484 g/mol. The van der Waals surface area contributed by atoms with E-state index >= 15 is 0 Å². The molecule has 10 nitrogen and oxygen atoms in total. The molecule has 0 aliphatic carbocycles. The van der Waals surface area contributed by atoms with E-state index in [0.717, 1.165) is 62.4 Å². The summed E-state index contributed by atoms with van der Waals surface area (Å²) in [5.41, 5.74) is 3.94. The van der Waals surface area contributed by atoms with Crippen LogP contribution in [0.5, 0.6) is 0 Å². The highest BCUT2D eigenvalue weighted by atomic mass is 16.2. The zero-order chi connectivity index (χ0) is 24.6. The Hall–Kier alpha value is -4.05. The third kappa shape index (κ3) is 4.13. The molecule has 0 spiro atoms. The molecule has 0 radical (unpaired) electrons. The number of nitrogens with zero attached hydrogens (tertiary/aromatic N) is 7. The maximum Gasteiger partial charge on any atom is 0.262 e. The van der Waals surface area contributed by atoms with Crippen molar-refractivity contribution < 1.29 is 9.59 Å². The van der Waals surface area contributed by atoms with E-state index in [1.165, 1.54) is 6.20 Å². The van der Waals surface area contributed by atoms with Crippen molar-refractivity contribution in [3.05, 3.63) is 71.8 Å². The first kappa shape index (κ1) is 22.4. The van der Waals surface area contributed by atoms with Crippen molar-refractivity contribution >= 4 is 23.8 Å². The van der Waals surface area contributed by atoms with Crippen molar-refractivity contribution in [3.8, 4) is 5.69 Å². The molecule has 184 valence electrons. The van der Waals surface area contributed by atoms with Gasteiger partial charge in [-0.05, 0) is 51.1 Å². The molecule has 3 aromatic heterocycles. The van der Waals surface area contributed by atoms with Crippen molar-refractivity contribution in [2.45, 2.75) is 31.7 Å². The number of benzene rings is 1. The smallest absolute Gasteiger partial charge is 0.262 e. The highest BCUT2D eigenvalue weighted by Crippen LogP contribution is 2.32. The molecule has 4 aromatic rings. The maximum absolute atomic E-state index is 13.2. The van der Waals surface area contributed by atoms with E-state index in [4.69, 9.17) is 5.10 Å². The van der Waals surface area contributed by atoms with Crippen molar-refractivity contribution in [1.29, 1.82) is 0 Å². The van der Waals surface area contributed by atoms with E-state index in [0.29, 0.717) is 29.0 Å². The Balaban J connectivity index is 1.24. The van der Waals surface area contributed by atoms with Crippen LogP contribution in [0.3, 0.4) is 0 Å². The molecule has 0 unspecified atom stereocenters. The van der Waals surface area contributed by atoms with Gasteiger partial charge in [0.25, 0.3) is 5.91 Å². The van der Waals surface area contributed by atoms with Crippen LogP contribution in [0.15, 0.2) is 55.0 Å². The van der Waals surface area contributed by atoms with Gasteiger partial charge in [-0.3, -0.25) is 14.5 Å². The molecule has 2 fully saturated rings. The van der Waals surface area contributed by atoms with Crippen LogP contribution in [0.1, 0.15) is 40.4 Å². The van der Waals surface area contributed by atoms with E-state index in [-0.39, 0.29) is 5.91 Å². The Labute approximate surface area is 208 Å². The first-order chi connectivity index (χ1) is 17.6. The Morgan fingerprint density at radius 1 is 1.14 bits per heavy atom. The summed E-state index contributed by atoms with van der Waals surface area (Å²) in [6, 6.07) is 12.3. The molecule has 1 aromatic carbocycles. The fraction of sp³-hybridized carbons (Fsp3) is 0.346. The van der Waals surface area contributed by atoms with Crippen LogP contribution in [0.4, 0.5) is 5.82 Å². The van der Waals surface area contributed by atoms with Crippen LogP contribution in [-0.4, -0.2) is 78.7 Å². The number of fused-ring (bicyclic) bond motifs is 1. The van der Waals surface area contributed by atoms with Gasteiger partial charge in [-0.15, -0.1) is 0 Å². The quantitative estimate of drug-likeness (QED) is 0.422. The maximum atomic E-state index is 13.2. The number of rotatable bonds is 6. The Morgan fingerprint density at radius 3 is 2.67 bits per heavy atom. The molecular formula is C26H28N8O2. The molecule has 2 aliphatic rings. The van der Waals surface area contributed by atoms with Crippen LogP contribution in [0, 0.1) is 6.92 Å². The fourth-order valence-electron chi connectivity index (χ4n) is 5.11. The lowest BCUT2D eigenvalue weighted by atomic mass is 9.92. The van der Waals surface area contributed by atoms with Crippen molar-refractivity contribution in [2.24, 2.45) is 0 Å². The van der Waals surface area contributed by atoms with Gasteiger partial charge in [0, 0.05) is 43.5 Å². The van der Waals surface area contributed by atoms with Crippen LogP contribution >= 0.6 is 0 Å². The Kier molecular flexibility index (Phi) is 5.73. The Morgan fingerprint density at radius 2 is 1.92 bits per heavy atom. The highest BCUT2D eigenvalue weighted by molar-refractivity contribution is 6.07. The van der Waals surface area contributed by atoms with E-state index in [1.807, 2.05) is 46.8 Å². The third-order valence-electron chi connectivity index (χ3n) is 7.28. The number of piperidine rings is 1. The van der Waals surface area contributed by atoms with Gasteiger partial charge in [0.05, 0.1) is 17.6 Å². The number of aryl methyl sites for hydroxylation is 1. The summed E-state index contributed by atoms with van der Waals surface area (Å²) in [5, 5.41) is 12.2. The summed E-state index contributed by atoms with van der Waals surface area (Å²) in [6.07, 6.45) is 7.86. The first-order valence-corrected chi connectivity index (χ1v) is 12.3. The van der Waals surface area contributed by atoms with Crippen molar-refractivity contribution in [3.63, 3.8) is 0 Å². The minimum Gasteiger partial charge on any atom is -0.342 e. The van der Waals surface area contributed by atoms with Crippen LogP contribution in [-0.2, 0) is 4.79 Å². The topological polar surface area (TPSA) is 101 Å². The molecular weight excluding hydrogens is 456 g/mol. The van der Waals surface area contributed by atoms with E-state index in [1.54, 1.807) is 23.0 Å². The van der Waals surface area contributed by atoms with Gasteiger partial charge in [-0.25, -0.2) is 14.2 Å². The largest absolute Gasteiger partial charge is 0.342 e. The molecule has 5 heterocycles. The number of anilines is 1. The highest BCUT2D eigenvalue weighted by Gasteiger charge is 2.34. The number of hydrogen-bond donors (Lipinski definition) is 1.